The standard InChI is InChI=1S/C18H19N3O2/c1-20-17(14-6-4-13(12-22)5-7-14)19-21(2)18(20)15-8-10-16(23-3)11-9-15/h4-12,18H,1-3H3. The van der Waals surface area contributed by atoms with E-state index in [0.717, 1.165) is 29.0 Å². The fraction of sp³-hybridized carbons (Fsp3) is 0.222. The molecule has 0 aliphatic carbocycles. The first-order valence-corrected chi connectivity index (χ1v) is 7.38. The Morgan fingerprint density at radius 3 is 2.26 bits per heavy atom. The lowest BCUT2D eigenvalue weighted by atomic mass is 10.1. The highest BCUT2D eigenvalue weighted by Crippen LogP contribution is 2.31. The number of carbonyl (C=O) groups excluding carboxylic acids is 1. The molecule has 5 nitrogen and oxygen atoms in total. The van der Waals surface area contributed by atoms with Crippen LogP contribution in [-0.2, 0) is 0 Å². The van der Waals surface area contributed by atoms with Crippen LogP contribution in [0.4, 0.5) is 0 Å². The fourth-order valence-corrected chi connectivity index (χ4v) is 2.83. The van der Waals surface area contributed by atoms with Gasteiger partial charge >= 0.3 is 0 Å². The van der Waals surface area contributed by atoms with Crippen LogP contribution in [0.5, 0.6) is 5.75 Å². The molecule has 1 atom stereocenters. The first-order chi connectivity index (χ1) is 11.1. The van der Waals surface area contributed by atoms with Gasteiger partial charge in [-0.3, -0.25) is 9.80 Å². The van der Waals surface area contributed by atoms with Crippen molar-refractivity contribution in [2.24, 2.45) is 5.10 Å². The van der Waals surface area contributed by atoms with Gasteiger partial charge in [0.2, 0.25) is 0 Å². The van der Waals surface area contributed by atoms with Crippen LogP contribution in [0.1, 0.15) is 27.7 Å². The van der Waals surface area contributed by atoms with Crippen molar-refractivity contribution in [3.05, 3.63) is 65.2 Å². The van der Waals surface area contributed by atoms with E-state index in [4.69, 9.17) is 4.74 Å². The number of ether oxygens (including phenoxy) is 1. The molecule has 1 aliphatic rings. The van der Waals surface area contributed by atoms with Crippen LogP contribution < -0.4 is 4.74 Å². The van der Waals surface area contributed by atoms with Gasteiger partial charge in [0.15, 0.2) is 5.84 Å². The lowest BCUT2D eigenvalue weighted by molar-refractivity contribution is 0.112. The molecule has 0 spiro atoms. The molecule has 2 aromatic carbocycles. The highest BCUT2D eigenvalue weighted by molar-refractivity contribution is 6.00. The molecule has 0 radical (unpaired) electrons. The molecule has 0 fully saturated rings. The number of hydrazone groups is 1. The quantitative estimate of drug-likeness (QED) is 0.815. The Labute approximate surface area is 135 Å². The van der Waals surface area contributed by atoms with Crippen molar-refractivity contribution in [1.29, 1.82) is 0 Å². The van der Waals surface area contributed by atoms with Gasteiger partial charge < -0.3 is 9.64 Å². The summed E-state index contributed by atoms with van der Waals surface area (Å²) in [6.45, 7) is 0. The SMILES string of the molecule is COc1ccc(C2N(C)N=C(c3ccc(C=O)cc3)N2C)cc1. The molecule has 1 aliphatic heterocycles. The Morgan fingerprint density at radius 2 is 1.70 bits per heavy atom. The van der Waals surface area contributed by atoms with Gasteiger partial charge in [-0.25, -0.2) is 0 Å². The zero-order chi connectivity index (χ0) is 16.4. The van der Waals surface area contributed by atoms with E-state index in [0.29, 0.717) is 5.56 Å². The van der Waals surface area contributed by atoms with Crippen molar-refractivity contribution < 1.29 is 9.53 Å². The normalized spacial score (nSPS) is 17.2. The number of hydrogen-bond acceptors (Lipinski definition) is 5. The number of amidine groups is 1. The zero-order valence-corrected chi connectivity index (χ0v) is 13.4. The predicted octanol–water partition coefficient (Wildman–Crippen LogP) is 2.75. The number of nitrogens with zero attached hydrogens (tertiary/aromatic N) is 3. The molecule has 3 rings (SSSR count). The monoisotopic (exact) mass is 309 g/mol. The minimum atomic E-state index is 0.0293. The predicted molar refractivity (Wildman–Crippen MR) is 89.6 cm³/mol. The van der Waals surface area contributed by atoms with Gasteiger partial charge in [-0.05, 0) is 17.7 Å². The molecule has 5 heteroatoms. The van der Waals surface area contributed by atoms with Crippen LogP contribution in [0, 0.1) is 0 Å². The second kappa shape index (κ2) is 6.12. The van der Waals surface area contributed by atoms with Gasteiger partial charge in [-0.15, -0.1) is 0 Å². The van der Waals surface area contributed by atoms with E-state index < -0.39 is 0 Å². The third-order valence-electron chi connectivity index (χ3n) is 4.03. The maximum Gasteiger partial charge on any atom is 0.157 e. The van der Waals surface area contributed by atoms with Crippen LogP contribution in [0.2, 0.25) is 0 Å². The molecule has 2 aromatic rings. The topological polar surface area (TPSA) is 45.1 Å². The summed E-state index contributed by atoms with van der Waals surface area (Å²) in [4.78, 5) is 12.9. The summed E-state index contributed by atoms with van der Waals surface area (Å²) in [5.74, 6) is 1.72. The van der Waals surface area contributed by atoms with Crippen molar-refractivity contribution in [2.75, 3.05) is 21.2 Å². The van der Waals surface area contributed by atoms with E-state index >= 15 is 0 Å². The largest absolute Gasteiger partial charge is 0.497 e. The van der Waals surface area contributed by atoms with E-state index in [2.05, 4.69) is 10.0 Å². The Kier molecular flexibility index (Phi) is 4.02. The zero-order valence-electron chi connectivity index (χ0n) is 13.4. The third-order valence-corrected chi connectivity index (χ3v) is 4.03. The highest BCUT2D eigenvalue weighted by Gasteiger charge is 2.31. The average Bonchev–Trinajstić information content (AvgIpc) is 2.89. The van der Waals surface area contributed by atoms with Gasteiger partial charge in [0.25, 0.3) is 0 Å². The number of methoxy groups -OCH3 is 1. The molecular weight excluding hydrogens is 290 g/mol. The molecule has 0 bridgehead atoms. The van der Waals surface area contributed by atoms with Gasteiger partial charge in [-0.2, -0.15) is 5.10 Å². The summed E-state index contributed by atoms with van der Waals surface area (Å²) < 4.78 is 5.21. The van der Waals surface area contributed by atoms with Crippen molar-refractivity contribution in [1.82, 2.24) is 9.91 Å². The van der Waals surface area contributed by atoms with Crippen LogP contribution in [0.25, 0.3) is 0 Å². The van der Waals surface area contributed by atoms with Crippen molar-refractivity contribution in [3.8, 4) is 5.75 Å². The molecule has 0 saturated carbocycles. The Morgan fingerprint density at radius 1 is 1.04 bits per heavy atom. The molecule has 118 valence electrons. The number of benzene rings is 2. The molecule has 0 N–H and O–H groups in total. The Balaban J connectivity index is 1.87. The fourth-order valence-electron chi connectivity index (χ4n) is 2.83. The minimum Gasteiger partial charge on any atom is -0.497 e. The van der Waals surface area contributed by atoms with Gasteiger partial charge in [-0.1, -0.05) is 36.4 Å². The lowest BCUT2D eigenvalue weighted by Gasteiger charge is -2.27. The van der Waals surface area contributed by atoms with Gasteiger partial charge in [0, 0.05) is 25.2 Å². The summed E-state index contributed by atoms with van der Waals surface area (Å²) in [6, 6.07) is 15.4. The highest BCUT2D eigenvalue weighted by atomic mass is 16.5. The summed E-state index contributed by atoms with van der Waals surface area (Å²) in [7, 11) is 5.64. The first kappa shape index (κ1) is 15.1. The van der Waals surface area contributed by atoms with Crippen molar-refractivity contribution >= 4 is 12.1 Å². The summed E-state index contributed by atoms with van der Waals surface area (Å²) >= 11 is 0. The van der Waals surface area contributed by atoms with E-state index in [-0.39, 0.29) is 6.17 Å². The molecule has 1 heterocycles. The van der Waals surface area contributed by atoms with E-state index in [9.17, 15) is 4.79 Å². The van der Waals surface area contributed by atoms with E-state index in [1.165, 1.54) is 0 Å². The Bertz CT molecular complexity index is 723. The summed E-state index contributed by atoms with van der Waals surface area (Å²) in [5, 5.41) is 6.59. The summed E-state index contributed by atoms with van der Waals surface area (Å²) in [6.07, 6.45) is 0.873. The van der Waals surface area contributed by atoms with Crippen molar-refractivity contribution in [2.45, 2.75) is 6.17 Å². The van der Waals surface area contributed by atoms with Gasteiger partial charge in [0.05, 0.1) is 7.11 Å². The Hall–Kier alpha value is -2.82. The summed E-state index contributed by atoms with van der Waals surface area (Å²) in [5.41, 5.74) is 2.79. The van der Waals surface area contributed by atoms with E-state index in [1.807, 2.05) is 55.5 Å². The average molecular weight is 309 g/mol. The molecule has 0 aromatic heterocycles. The smallest absolute Gasteiger partial charge is 0.157 e. The maximum atomic E-state index is 10.8. The molecule has 23 heavy (non-hydrogen) atoms. The maximum absolute atomic E-state index is 10.8. The van der Waals surface area contributed by atoms with Crippen LogP contribution >= 0.6 is 0 Å². The van der Waals surface area contributed by atoms with Crippen LogP contribution in [-0.4, -0.2) is 43.2 Å². The third kappa shape index (κ3) is 2.77. The van der Waals surface area contributed by atoms with E-state index in [1.54, 1.807) is 19.2 Å². The second-order valence-electron chi connectivity index (χ2n) is 5.49. The molecular formula is C18H19N3O2. The van der Waals surface area contributed by atoms with Crippen molar-refractivity contribution in [3.63, 3.8) is 0 Å². The molecule has 1 unspecified atom stereocenters. The minimum absolute atomic E-state index is 0.0293. The number of rotatable bonds is 4. The van der Waals surface area contributed by atoms with Gasteiger partial charge in [0.1, 0.15) is 18.2 Å². The number of aldehydes is 1. The van der Waals surface area contributed by atoms with Crippen LogP contribution in [0.15, 0.2) is 53.6 Å². The first-order valence-electron chi connectivity index (χ1n) is 7.38. The van der Waals surface area contributed by atoms with Crippen LogP contribution in [0.3, 0.4) is 0 Å². The second-order valence-corrected chi connectivity index (χ2v) is 5.49. The molecule has 0 amide bonds. The molecule has 0 saturated heterocycles. The number of hydrogen-bond donors (Lipinski definition) is 0. The number of carbonyl (C=O) groups is 1. The lowest BCUT2D eigenvalue weighted by Crippen LogP contribution is -2.30.